The summed E-state index contributed by atoms with van der Waals surface area (Å²) in [7, 11) is 0. The highest BCUT2D eigenvalue weighted by Crippen LogP contribution is 2.24. The van der Waals surface area contributed by atoms with Crippen molar-refractivity contribution in [1.82, 2.24) is 0 Å². The standard InChI is InChI=1S/C18H12F3NO3/c19-18(20,21)25-15-4-1-3-12(11-15)17(23)16-9-7-13(22-16)6-8-14-5-2-10-24-14/h1-11,16H/b8-6+. The van der Waals surface area contributed by atoms with Crippen LogP contribution >= 0.6 is 0 Å². The van der Waals surface area contributed by atoms with Gasteiger partial charge in [-0.25, -0.2) is 0 Å². The number of furan rings is 1. The molecule has 1 atom stereocenters. The summed E-state index contributed by atoms with van der Waals surface area (Å²) < 4.78 is 45.8. The number of benzene rings is 1. The summed E-state index contributed by atoms with van der Waals surface area (Å²) in [5.74, 6) is -0.213. The fourth-order valence-electron chi connectivity index (χ4n) is 2.25. The predicted molar refractivity (Wildman–Crippen MR) is 85.6 cm³/mol. The molecule has 0 amide bonds. The van der Waals surface area contributed by atoms with E-state index in [0.717, 1.165) is 12.1 Å². The Morgan fingerprint density at radius 2 is 2.04 bits per heavy atom. The molecule has 0 bridgehead atoms. The molecule has 25 heavy (non-hydrogen) atoms. The van der Waals surface area contributed by atoms with E-state index in [1.165, 1.54) is 18.4 Å². The van der Waals surface area contributed by atoms with Crippen LogP contribution in [0.3, 0.4) is 0 Å². The Bertz CT molecular complexity index is 849. The number of nitrogens with zero attached hydrogens (tertiary/aromatic N) is 1. The zero-order chi connectivity index (χ0) is 17.9. The molecule has 128 valence electrons. The highest BCUT2D eigenvalue weighted by atomic mass is 19.4. The van der Waals surface area contributed by atoms with Crippen LogP contribution in [-0.4, -0.2) is 23.9 Å². The van der Waals surface area contributed by atoms with Crippen molar-refractivity contribution in [2.24, 2.45) is 4.99 Å². The fourth-order valence-corrected chi connectivity index (χ4v) is 2.25. The lowest BCUT2D eigenvalue weighted by Gasteiger charge is -2.10. The first-order valence-corrected chi connectivity index (χ1v) is 7.28. The van der Waals surface area contributed by atoms with Crippen LogP contribution in [0, 0.1) is 0 Å². The van der Waals surface area contributed by atoms with E-state index in [4.69, 9.17) is 4.42 Å². The third kappa shape index (κ3) is 4.47. The number of ether oxygens (including phenoxy) is 1. The number of rotatable bonds is 5. The number of hydrogen-bond donors (Lipinski definition) is 0. The minimum absolute atomic E-state index is 0.0939. The predicted octanol–water partition coefficient (Wildman–Crippen LogP) is 4.45. The van der Waals surface area contributed by atoms with Gasteiger partial charge in [0.25, 0.3) is 0 Å². The second-order valence-electron chi connectivity index (χ2n) is 5.15. The Hall–Kier alpha value is -3.09. The zero-order valence-corrected chi connectivity index (χ0v) is 12.7. The van der Waals surface area contributed by atoms with Crippen LogP contribution in [0.15, 0.2) is 70.3 Å². The van der Waals surface area contributed by atoms with Crippen LogP contribution in [0.5, 0.6) is 5.75 Å². The summed E-state index contributed by atoms with van der Waals surface area (Å²) in [5.41, 5.74) is 0.661. The van der Waals surface area contributed by atoms with Crippen molar-refractivity contribution in [2.45, 2.75) is 12.4 Å². The largest absolute Gasteiger partial charge is 0.573 e. The van der Waals surface area contributed by atoms with Gasteiger partial charge >= 0.3 is 6.36 Å². The third-order valence-electron chi connectivity index (χ3n) is 3.32. The van der Waals surface area contributed by atoms with E-state index in [1.807, 2.05) is 0 Å². The molecule has 2 heterocycles. The van der Waals surface area contributed by atoms with Gasteiger partial charge in [0.05, 0.1) is 12.0 Å². The molecular weight excluding hydrogens is 335 g/mol. The molecule has 1 aromatic carbocycles. The molecule has 1 aliphatic heterocycles. The van der Waals surface area contributed by atoms with Crippen molar-refractivity contribution in [3.05, 3.63) is 72.2 Å². The molecule has 0 saturated carbocycles. The molecule has 1 aromatic heterocycles. The van der Waals surface area contributed by atoms with Crippen molar-refractivity contribution in [1.29, 1.82) is 0 Å². The van der Waals surface area contributed by atoms with Crippen molar-refractivity contribution < 1.29 is 27.1 Å². The van der Waals surface area contributed by atoms with Gasteiger partial charge in [-0.3, -0.25) is 9.79 Å². The van der Waals surface area contributed by atoms with Crippen LogP contribution in [0.25, 0.3) is 6.08 Å². The fraction of sp³-hybridized carbons (Fsp3) is 0.111. The van der Waals surface area contributed by atoms with Crippen LogP contribution in [0.1, 0.15) is 16.1 Å². The van der Waals surface area contributed by atoms with E-state index in [0.29, 0.717) is 11.5 Å². The Labute approximate surface area is 140 Å². The molecule has 1 unspecified atom stereocenters. The maximum Gasteiger partial charge on any atom is 0.573 e. The van der Waals surface area contributed by atoms with Gasteiger partial charge in [0.15, 0.2) is 5.78 Å². The summed E-state index contributed by atoms with van der Waals surface area (Å²) in [5, 5.41) is 0. The van der Waals surface area contributed by atoms with Gasteiger partial charge in [-0.15, -0.1) is 13.2 Å². The van der Waals surface area contributed by atoms with Crippen molar-refractivity contribution in [3.63, 3.8) is 0 Å². The summed E-state index contributed by atoms with van der Waals surface area (Å²) in [6, 6.07) is 7.67. The lowest BCUT2D eigenvalue weighted by atomic mass is 10.0. The monoisotopic (exact) mass is 347 g/mol. The van der Waals surface area contributed by atoms with E-state index in [9.17, 15) is 18.0 Å². The minimum atomic E-state index is -4.81. The molecule has 0 fully saturated rings. The lowest BCUT2D eigenvalue weighted by Crippen LogP contribution is -2.18. The smallest absolute Gasteiger partial charge is 0.465 e. The van der Waals surface area contributed by atoms with E-state index >= 15 is 0 Å². The third-order valence-corrected chi connectivity index (χ3v) is 3.32. The average Bonchev–Trinajstić information content (AvgIpc) is 3.22. The van der Waals surface area contributed by atoms with Crippen LogP contribution in [0.4, 0.5) is 13.2 Å². The minimum Gasteiger partial charge on any atom is -0.465 e. The maximum atomic E-state index is 12.4. The highest BCUT2D eigenvalue weighted by molar-refractivity contribution is 6.12. The number of halogens is 3. The molecule has 0 saturated heterocycles. The van der Waals surface area contributed by atoms with E-state index in [2.05, 4.69) is 9.73 Å². The Morgan fingerprint density at radius 1 is 1.20 bits per heavy atom. The molecule has 1 aliphatic rings. The second-order valence-corrected chi connectivity index (χ2v) is 5.15. The number of Topliss-reactive ketones (excluding diaryl/α,β-unsaturated/α-hetero) is 1. The number of allylic oxidation sites excluding steroid dienone is 2. The molecule has 7 heteroatoms. The number of carbonyl (C=O) groups excluding carboxylic acids is 1. The van der Waals surface area contributed by atoms with Gasteiger partial charge < -0.3 is 9.15 Å². The van der Waals surface area contributed by atoms with Crippen LogP contribution < -0.4 is 4.74 Å². The Balaban J connectivity index is 1.72. The summed E-state index contributed by atoms with van der Waals surface area (Å²) in [6.07, 6.45) is 3.37. The van der Waals surface area contributed by atoms with Crippen LogP contribution in [-0.2, 0) is 0 Å². The Morgan fingerprint density at radius 3 is 2.76 bits per heavy atom. The maximum absolute atomic E-state index is 12.4. The summed E-state index contributed by atoms with van der Waals surface area (Å²) >= 11 is 0. The van der Waals surface area contributed by atoms with Crippen molar-refractivity contribution in [3.8, 4) is 5.75 Å². The molecule has 0 radical (unpaired) electrons. The average molecular weight is 347 g/mol. The van der Waals surface area contributed by atoms with Gasteiger partial charge in [-0.2, -0.15) is 0 Å². The molecule has 0 aliphatic carbocycles. The van der Waals surface area contributed by atoms with Gasteiger partial charge in [-0.05, 0) is 42.5 Å². The van der Waals surface area contributed by atoms with Gasteiger partial charge in [0.2, 0.25) is 0 Å². The van der Waals surface area contributed by atoms with E-state index in [-0.39, 0.29) is 5.56 Å². The quantitative estimate of drug-likeness (QED) is 0.751. The first-order valence-electron chi connectivity index (χ1n) is 7.28. The van der Waals surface area contributed by atoms with Crippen LogP contribution in [0.2, 0.25) is 0 Å². The Kier molecular flexibility index (Phi) is 4.56. The second kappa shape index (κ2) is 6.80. The van der Waals surface area contributed by atoms with Gasteiger partial charge in [-0.1, -0.05) is 18.2 Å². The number of aliphatic imine (C=N–C) groups is 1. The van der Waals surface area contributed by atoms with Gasteiger partial charge in [0, 0.05) is 5.56 Å². The normalized spacial score (nSPS) is 17.1. The SMILES string of the molecule is O=C(c1cccc(OC(F)(F)F)c1)C1C=CC(/C=C/c2ccco2)=N1. The molecule has 4 nitrogen and oxygen atoms in total. The van der Waals surface area contributed by atoms with Crippen molar-refractivity contribution in [2.75, 3.05) is 0 Å². The first kappa shape index (κ1) is 16.8. The summed E-state index contributed by atoms with van der Waals surface area (Å²) in [6.45, 7) is 0. The topological polar surface area (TPSA) is 51.8 Å². The summed E-state index contributed by atoms with van der Waals surface area (Å²) in [4.78, 5) is 16.6. The lowest BCUT2D eigenvalue weighted by molar-refractivity contribution is -0.274. The number of ketones is 1. The van der Waals surface area contributed by atoms with Gasteiger partial charge in [0.1, 0.15) is 17.6 Å². The van der Waals surface area contributed by atoms with E-state index in [1.54, 1.807) is 36.4 Å². The number of alkyl halides is 3. The molecule has 0 spiro atoms. The van der Waals surface area contributed by atoms with E-state index < -0.39 is 23.9 Å². The molecule has 0 N–H and O–H groups in total. The molecule has 3 rings (SSSR count). The zero-order valence-electron chi connectivity index (χ0n) is 12.7. The van der Waals surface area contributed by atoms with Crippen molar-refractivity contribution >= 4 is 17.6 Å². The number of carbonyl (C=O) groups is 1. The highest BCUT2D eigenvalue weighted by Gasteiger charge is 2.31. The molecular formula is C18H12F3NO3. The molecule has 2 aromatic rings. The number of hydrogen-bond acceptors (Lipinski definition) is 4. The first-order chi connectivity index (χ1) is 11.9.